The minimum Gasteiger partial charge on any atom is -0.380 e. The second-order valence-corrected chi connectivity index (χ2v) is 1.35. The van der Waals surface area contributed by atoms with Crippen LogP contribution in [0.25, 0.3) is 0 Å². The van der Waals surface area contributed by atoms with Crippen molar-refractivity contribution in [3.8, 4) is 0 Å². The Balaban J connectivity index is 2.20. The van der Waals surface area contributed by atoms with Gasteiger partial charge >= 0.3 is 0 Å². The molecule has 2 heteroatoms. The van der Waals surface area contributed by atoms with Crippen molar-refractivity contribution in [2.45, 2.75) is 0 Å². The molecule has 0 saturated carbocycles. The van der Waals surface area contributed by atoms with Gasteiger partial charge in [0.05, 0.1) is 0 Å². The van der Waals surface area contributed by atoms with Gasteiger partial charge in [-0.3, -0.25) is 0 Å². The third-order valence-electron chi connectivity index (χ3n) is 0.779. The summed E-state index contributed by atoms with van der Waals surface area (Å²) in [6.45, 7) is 4.67. The fraction of sp³-hybridized carbons (Fsp3) is 0.400. The molecule has 0 aromatic heterocycles. The topological polar surface area (TPSA) is 24.1 Å². The summed E-state index contributed by atoms with van der Waals surface area (Å²) in [6.07, 6.45) is 3.89. The zero-order valence-corrected chi connectivity index (χ0v) is 4.07. The predicted octanol–water partition coefficient (Wildman–Crippen LogP) is -0.268. The second kappa shape index (κ2) is 2.64. The lowest BCUT2D eigenvalue weighted by Gasteiger charge is -1.91. The summed E-state index contributed by atoms with van der Waals surface area (Å²) < 4.78 is 0. The molecule has 0 unspecified atom stereocenters. The van der Waals surface area contributed by atoms with E-state index < -0.39 is 0 Å². The first kappa shape index (κ1) is 4.65. The zero-order valence-electron chi connectivity index (χ0n) is 4.07. The summed E-state index contributed by atoms with van der Waals surface area (Å²) in [5.74, 6) is 0. The van der Waals surface area contributed by atoms with Gasteiger partial charge in [-0.2, -0.15) is 0 Å². The van der Waals surface area contributed by atoms with Gasteiger partial charge in [-0.1, -0.05) is 6.08 Å². The minimum absolute atomic E-state index is 0.826. The maximum atomic E-state index is 3.09. The van der Waals surface area contributed by atoms with E-state index in [1.165, 1.54) is 0 Å². The summed E-state index contributed by atoms with van der Waals surface area (Å²) in [7, 11) is 0. The molecular formula is C5H8N2. The van der Waals surface area contributed by atoms with Crippen LogP contribution in [0.4, 0.5) is 0 Å². The summed E-state index contributed by atoms with van der Waals surface area (Å²) in [6, 6.07) is 0. The van der Waals surface area contributed by atoms with E-state index >= 15 is 0 Å². The molecule has 0 saturated heterocycles. The van der Waals surface area contributed by atoms with Gasteiger partial charge in [-0.05, 0) is 6.20 Å². The summed E-state index contributed by atoms with van der Waals surface area (Å²) in [4.78, 5) is 0. The molecule has 2 radical (unpaired) electrons. The van der Waals surface area contributed by atoms with Crippen LogP contribution in [0, 0.1) is 6.54 Å². The van der Waals surface area contributed by atoms with E-state index in [9.17, 15) is 0 Å². The van der Waals surface area contributed by atoms with Gasteiger partial charge in [0.1, 0.15) is 6.54 Å². The molecule has 0 atom stereocenters. The molecule has 1 aliphatic heterocycles. The Morgan fingerprint density at radius 1 is 1.57 bits per heavy atom. The number of hydrogen-bond donors (Lipinski definition) is 2. The lowest BCUT2D eigenvalue weighted by atomic mass is 10.6. The highest BCUT2D eigenvalue weighted by Crippen LogP contribution is 1.74. The van der Waals surface area contributed by atoms with Crippen LogP contribution in [-0.4, -0.2) is 13.1 Å². The highest BCUT2D eigenvalue weighted by Gasteiger charge is 1.86. The highest BCUT2D eigenvalue weighted by molar-refractivity contribution is 4.89. The van der Waals surface area contributed by atoms with Crippen LogP contribution >= 0.6 is 0 Å². The average Bonchev–Trinajstić information content (AvgIpc) is 1.90. The quantitative estimate of drug-likeness (QED) is 0.434. The molecule has 1 aliphatic rings. The van der Waals surface area contributed by atoms with Crippen LogP contribution < -0.4 is 10.6 Å². The first-order valence-electron chi connectivity index (χ1n) is 2.34. The van der Waals surface area contributed by atoms with Gasteiger partial charge < -0.3 is 10.6 Å². The van der Waals surface area contributed by atoms with Crippen molar-refractivity contribution in [2.24, 2.45) is 0 Å². The summed E-state index contributed by atoms with van der Waals surface area (Å²) in [5.41, 5.74) is 0. The predicted molar refractivity (Wildman–Crippen MR) is 28.4 cm³/mol. The first-order valence-corrected chi connectivity index (χ1v) is 2.34. The SMILES string of the molecule is [C]1CNCC=CN1. The highest BCUT2D eigenvalue weighted by atomic mass is 14.9. The van der Waals surface area contributed by atoms with Gasteiger partial charge in [0.25, 0.3) is 0 Å². The Kier molecular flexibility index (Phi) is 1.75. The standard InChI is InChI=1S/C5H8N2/c1-2-6-4-5-7-3-1/h1-2,6-7H,3,5H2. The number of nitrogens with one attached hydrogen (secondary N) is 2. The van der Waals surface area contributed by atoms with Gasteiger partial charge in [-0.15, -0.1) is 0 Å². The fourth-order valence-corrected chi connectivity index (χ4v) is 0.446. The molecule has 7 heavy (non-hydrogen) atoms. The molecule has 2 nitrogen and oxygen atoms in total. The van der Waals surface area contributed by atoms with Crippen LogP contribution in [0.2, 0.25) is 0 Å². The molecule has 1 rings (SSSR count). The molecule has 0 aromatic rings. The van der Waals surface area contributed by atoms with Crippen molar-refractivity contribution in [1.29, 1.82) is 0 Å². The number of hydrogen-bond acceptors (Lipinski definition) is 2. The van der Waals surface area contributed by atoms with E-state index in [0.717, 1.165) is 13.1 Å². The molecular weight excluding hydrogens is 88.1 g/mol. The fourth-order valence-electron chi connectivity index (χ4n) is 0.446. The minimum atomic E-state index is 0.826. The van der Waals surface area contributed by atoms with Crippen molar-refractivity contribution in [3.63, 3.8) is 0 Å². The maximum Gasteiger partial charge on any atom is 0.103 e. The Morgan fingerprint density at radius 3 is 3.57 bits per heavy atom. The third-order valence-corrected chi connectivity index (χ3v) is 0.779. The van der Waals surface area contributed by atoms with E-state index in [2.05, 4.69) is 17.2 Å². The molecule has 0 bridgehead atoms. The van der Waals surface area contributed by atoms with E-state index in [1.807, 2.05) is 12.3 Å². The summed E-state index contributed by atoms with van der Waals surface area (Å²) in [5, 5.41) is 5.94. The van der Waals surface area contributed by atoms with Crippen LogP contribution in [0.1, 0.15) is 0 Å². The number of rotatable bonds is 0. The molecule has 0 aliphatic carbocycles. The average molecular weight is 96.1 g/mol. The van der Waals surface area contributed by atoms with Gasteiger partial charge in [0, 0.05) is 13.1 Å². The Labute approximate surface area is 43.6 Å². The molecule has 1 heterocycles. The Bertz CT molecular complexity index is 60.5. The van der Waals surface area contributed by atoms with Crippen molar-refractivity contribution in [3.05, 3.63) is 18.8 Å². The van der Waals surface area contributed by atoms with Gasteiger partial charge in [0.15, 0.2) is 0 Å². The van der Waals surface area contributed by atoms with Gasteiger partial charge in [0.2, 0.25) is 0 Å². The zero-order chi connectivity index (χ0) is 4.95. The van der Waals surface area contributed by atoms with Crippen molar-refractivity contribution in [1.82, 2.24) is 10.6 Å². The monoisotopic (exact) mass is 96.1 g/mol. The Hall–Kier alpha value is -0.500. The second-order valence-electron chi connectivity index (χ2n) is 1.35. The van der Waals surface area contributed by atoms with E-state index in [4.69, 9.17) is 0 Å². The van der Waals surface area contributed by atoms with Gasteiger partial charge in [-0.25, -0.2) is 0 Å². The molecule has 0 fully saturated rings. The van der Waals surface area contributed by atoms with Crippen LogP contribution in [-0.2, 0) is 0 Å². The normalized spacial score (nSPS) is 20.6. The smallest absolute Gasteiger partial charge is 0.103 e. The van der Waals surface area contributed by atoms with E-state index in [1.54, 1.807) is 0 Å². The van der Waals surface area contributed by atoms with E-state index in [-0.39, 0.29) is 0 Å². The van der Waals surface area contributed by atoms with Crippen LogP contribution in [0.3, 0.4) is 0 Å². The Morgan fingerprint density at radius 2 is 2.57 bits per heavy atom. The molecule has 0 aromatic carbocycles. The van der Waals surface area contributed by atoms with Crippen molar-refractivity contribution >= 4 is 0 Å². The van der Waals surface area contributed by atoms with Crippen LogP contribution in [0.15, 0.2) is 12.3 Å². The van der Waals surface area contributed by atoms with Crippen molar-refractivity contribution < 1.29 is 0 Å². The summed E-state index contributed by atoms with van der Waals surface area (Å²) >= 11 is 0. The first-order chi connectivity index (χ1) is 3.50. The van der Waals surface area contributed by atoms with Crippen molar-refractivity contribution in [2.75, 3.05) is 13.1 Å². The molecule has 0 spiro atoms. The third kappa shape index (κ3) is 1.59. The molecule has 38 valence electrons. The lowest BCUT2D eigenvalue weighted by Crippen LogP contribution is -2.16. The largest absolute Gasteiger partial charge is 0.380 e. The molecule has 2 N–H and O–H groups in total. The molecule has 0 amide bonds. The maximum absolute atomic E-state index is 3.09. The lowest BCUT2D eigenvalue weighted by molar-refractivity contribution is 0.799. The van der Waals surface area contributed by atoms with Crippen LogP contribution in [0.5, 0.6) is 0 Å². The van der Waals surface area contributed by atoms with E-state index in [0.29, 0.717) is 0 Å².